The molecule has 0 saturated carbocycles. The van der Waals surface area contributed by atoms with Crippen LogP contribution in [0.5, 0.6) is 0 Å². The fourth-order valence-electron chi connectivity index (χ4n) is 2.46. The summed E-state index contributed by atoms with van der Waals surface area (Å²) in [7, 11) is 1.68. The Morgan fingerprint density at radius 3 is 2.79 bits per heavy atom. The van der Waals surface area contributed by atoms with Gasteiger partial charge in [-0.25, -0.2) is 4.39 Å². The normalized spacial score (nSPS) is 18.1. The molecule has 0 bridgehead atoms. The second-order valence-corrected chi connectivity index (χ2v) is 4.99. The van der Waals surface area contributed by atoms with Crippen LogP contribution in [0.2, 0.25) is 0 Å². The van der Waals surface area contributed by atoms with Crippen LogP contribution in [-0.2, 0) is 4.74 Å². The second-order valence-electron chi connectivity index (χ2n) is 4.99. The number of hydrogen-bond donors (Lipinski definition) is 1. The Bertz CT molecular complexity index is 458. The van der Waals surface area contributed by atoms with Crippen LogP contribution in [0.1, 0.15) is 23.2 Å². The molecule has 5 heteroatoms. The third kappa shape index (κ3) is 3.11. The van der Waals surface area contributed by atoms with Gasteiger partial charge in [0, 0.05) is 45.2 Å². The van der Waals surface area contributed by atoms with Gasteiger partial charge in [-0.15, -0.1) is 0 Å². The Morgan fingerprint density at radius 2 is 2.16 bits per heavy atom. The van der Waals surface area contributed by atoms with Crippen molar-refractivity contribution in [3.63, 3.8) is 0 Å². The lowest BCUT2D eigenvalue weighted by atomic mass is 9.93. The number of likely N-dealkylation sites (N-methyl/N-ethyl adjacent to an activating group) is 1. The molecule has 0 spiro atoms. The number of rotatable bonds is 4. The Labute approximate surface area is 111 Å². The van der Waals surface area contributed by atoms with Crippen LogP contribution >= 0.6 is 0 Å². The molecule has 1 aliphatic heterocycles. The first-order chi connectivity index (χ1) is 9.06. The standard InChI is InChI=1S/C14H18FNO3/c1-16(10-14(18)5-7-19-8-6-14)13-11(9-17)3-2-4-12(13)15/h2-4,9,18H,5-8,10H2,1H3. The average molecular weight is 267 g/mol. The maximum Gasteiger partial charge on any atom is 0.152 e. The third-order valence-corrected chi connectivity index (χ3v) is 3.48. The first-order valence-electron chi connectivity index (χ1n) is 6.31. The van der Waals surface area contributed by atoms with E-state index < -0.39 is 11.4 Å². The number of anilines is 1. The monoisotopic (exact) mass is 267 g/mol. The van der Waals surface area contributed by atoms with Crippen molar-refractivity contribution >= 4 is 12.0 Å². The van der Waals surface area contributed by atoms with E-state index in [1.807, 2.05) is 0 Å². The lowest BCUT2D eigenvalue weighted by molar-refractivity contribution is -0.0573. The van der Waals surface area contributed by atoms with Gasteiger partial charge in [0.2, 0.25) is 0 Å². The van der Waals surface area contributed by atoms with Gasteiger partial charge in [-0.1, -0.05) is 6.07 Å². The van der Waals surface area contributed by atoms with Gasteiger partial charge in [-0.2, -0.15) is 0 Å². The predicted molar refractivity (Wildman–Crippen MR) is 70.1 cm³/mol. The number of carbonyl (C=O) groups is 1. The van der Waals surface area contributed by atoms with Gasteiger partial charge in [0.25, 0.3) is 0 Å². The zero-order valence-electron chi connectivity index (χ0n) is 10.9. The average Bonchev–Trinajstić information content (AvgIpc) is 2.38. The minimum Gasteiger partial charge on any atom is -0.388 e. The van der Waals surface area contributed by atoms with Crippen molar-refractivity contribution < 1.29 is 19.0 Å². The summed E-state index contributed by atoms with van der Waals surface area (Å²) in [4.78, 5) is 12.6. The van der Waals surface area contributed by atoms with Crippen LogP contribution in [-0.4, -0.2) is 43.8 Å². The van der Waals surface area contributed by atoms with E-state index in [4.69, 9.17) is 4.74 Å². The van der Waals surface area contributed by atoms with E-state index in [9.17, 15) is 14.3 Å². The second kappa shape index (κ2) is 5.67. The number of aldehydes is 1. The number of ether oxygens (including phenoxy) is 1. The number of halogens is 1. The van der Waals surface area contributed by atoms with Crippen molar-refractivity contribution in [3.05, 3.63) is 29.6 Å². The molecular formula is C14H18FNO3. The van der Waals surface area contributed by atoms with Crippen LogP contribution in [0, 0.1) is 5.82 Å². The predicted octanol–water partition coefficient (Wildman–Crippen LogP) is 1.62. The van der Waals surface area contributed by atoms with Crippen LogP contribution in [0.4, 0.5) is 10.1 Å². The van der Waals surface area contributed by atoms with E-state index in [1.54, 1.807) is 18.0 Å². The molecule has 1 fully saturated rings. The SMILES string of the molecule is CN(CC1(O)CCOCC1)c1c(F)cccc1C=O. The zero-order chi connectivity index (χ0) is 13.9. The summed E-state index contributed by atoms with van der Waals surface area (Å²) in [6.07, 6.45) is 1.66. The molecule has 0 radical (unpaired) electrons. The number of aliphatic hydroxyl groups is 1. The number of hydrogen-bond acceptors (Lipinski definition) is 4. The van der Waals surface area contributed by atoms with Gasteiger partial charge < -0.3 is 14.7 Å². The first kappa shape index (κ1) is 14.0. The molecule has 0 atom stereocenters. The van der Waals surface area contributed by atoms with Crippen LogP contribution < -0.4 is 4.90 Å². The summed E-state index contributed by atoms with van der Waals surface area (Å²) >= 11 is 0. The van der Waals surface area contributed by atoms with Crippen molar-refractivity contribution in [3.8, 4) is 0 Å². The summed E-state index contributed by atoms with van der Waals surface area (Å²) in [5.41, 5.74) is -0.370. The highest BCUT2D eigenvalue weighted by atomic mass is 19.1. The fraction of sp³-hybridized carbons (Fsp3) is 0.500. The molecule has 19 heavy (non-hydrogen) atoms. The number of carbonyl (C=O) groups excluding carboxylic acids is 1. The number of nitrogens with zero attached hydrogens (tertiary/aromatic N) is 1. The Balaban J connectivity index is 2.19. The summed E-state index contributed by atoms with van der Waals surface area (Å²) in [6, 6.07) is 4.38. The highest BCUT2D eigenvalue weighted by molar-refractivity contribution is 5.84. The molecule has 1 aliphatic rings. The fourth-order valence-corrected chi connectivity index (χ4v) is 2.46. The van der Waals surface area contributed by atoms with Crippen LogP contribution in [0.25, 0.3) is 0 Å². The van der Waals surface area contributed by atoms with Crippen molar-refractivity contribution in [2.45, 2.75) is 18.4 Å². The quantitative estimate of drug-likeness (QED) is 0.842. The van der Waals surface area contributed by atoms with E-state index in [2.05, 4.69) is 0 Å². The molecular weight excluding hydrogens is 249 g/mol. The lowest BCUT2D eigenvalue weighted by Crippen LogP contribution is -2.46. The Kier molecular flexibility index (Phi) is 4.17. The van der Waals surface area contributed by atoms with E-state index in [1.165, 1.54) is 12.1 Å². The van der Waals surface area contributed by atoms with Gasteiger partial charge in [0.05, 0.1) is 11.3 Å². The minimum absolute atomic E-state index is 0.234. The van der Waals surface area contributed by atoms with Gasteiger partial charge in [-0.05, 0) is 12.1 Å². The molecule has 0 amide bonds. The lowest BCUT2D eigenvalue weighted by Gasteiger charge is -2.36. The molecule has 1 aromatic rings. The molecule has 0 aliphatic carbocycles. The van der Waals surface area contributed by atoms with Crippen LogP contribution in [0.3, 0.4) is 0 Å². The molecule has 2 rings (SSSR count). The highest BCUT2D eigenvalue weighted by Crippen LogP contribution is 2.27. The Hall–Kier alpha value is -1.46. The summed E-state index contributed by atoms with van der Waals surface area (Å²) < 4.78 is 19.1. The first-order valence-corrected chi connectivity index (χ1v) is 6.31. The maximum atomic E-state index is 13.9. The van der Waals surface area contributed by atoms with Crippen molar-refractivity contribution in [2.75, 3.05) is 31.7 Å². The largest absolute Gasteiger partial charge is 0.388 e. The van der Waals surface area contributed by atoms with Crippen LogP contribution in [0.15, 0.2) is 18.2 Å². The van der Waals surface area contributed by atoms with Crippen molar-refractivity contribution in [2.24, 2.45) is 0 Å². The number of para-hydroxylation sites is 1. The van der Waals surface area contributed by atoms with Gasteiger partial charge in [0.1, 0.15) is 5.82 Å². The molecule has 0 unspecified atom stereocenters. The molecule has 1 saturated heterocycles. The zero-order valence-corrected chi connectivity index (χ0v) is 10.9. The number of benzene rings is 1. The Morgan fingerprint density at radius 1 is 1.47 bits per heavy atom. The highest BCUT2D eigenvalue weighted by Gasteiger charge is 2.32. The summed E-state index contributed by atoms with van der Waals surface area (Å²) in [6.45, 7) is 1.28. The molecule has 4 nitrogen and oxygen atoms in total. The van der Waals surface area contributed by atoms with Gasteiger partial charge in [0.15, 0.2) is 6.29 Å². The molecule has 1 aromatic carbocycles. The van der Waals surface area contributed by atoms with Gasteiger partial charge >= 0.3 is 0 Å². The van der Waals surface area contributed by atoms with Crippen molar-refractivity contribution in [1.29, 1.82) is 0 Å². The molecule has 104 valence electrons. The van der Waals surface area contributed by atoms with Gasteiger partial charge in [-0.3, -0.25) is 4.79 Å². The van der Waals surface area contributed by atoms with E-state index >= 15 is 0 Å². The smallest absolute Gasteiger partial charge is 0.152 e. The van der Waals surface area contributed by atoms with E-state index in [0.29, 0.717) is 32.3 Å². The minimum atomic E-state index is -0.893. The third-order valence-electron chi connectivity index (χ3n) is 3.48. The van der Waals surface area contributed by atoms with E-state index in [-0.39, 0.29) is 17.8 Å². The maximum absolute atomic E-state index is 13.9. The van der Waals surface area contributed by atoms with Crippen molar-refractivity contribution in [1.82, 2.24) is 0 Å². The molecule has 0 aromatic heterocycles. The molecule has 1 heterocycles. The topological polar surface area (TPSA) is 49.8 Å². The summed E-state index contributed by atoms with van der Waals surface area (Å²) in [5, 5.41) is 10.4. The summed E-state index contributed by atoms with van der Waals surface area (Å²) in [5.74, 6) is -0.456. The molecule has 1 N–H and O–H groups in total. The van der Waals surface area contributed by atoms with E-state index in [0.717, 1.165) is 0 Å².